The Morgan fingerprint density at radius 1 is 1.26 bits per heavy atom. The molecule has 3 aliphatic rings. The Bertz CT molecular complexity index is 681. The average molecular weight is 386 g/mol. The number of ether oxygens (including phenoxy) is 1. The van der Waals surface area contributed by atoms with Crippen LogP contribution in [0.2, 0.25) is 0 Å². The van der Waals surface area contributed by atoms with Crippen LogP contribution in [0, 0.1) is 5.92 Å². The average Bonchev–Trinajstić information content (AvgIpc) is 3.20. The van der Waals surface area contributed by atoms with Gasteiger partial charge in [0.25, 0.3) is 0 Å². The zero-order valence-corrected chi connectivity index (χ0v) is 15.2. The van der Waals surface area contributed by atoms with Crippen LogP contribution in [0.1, 0.15) is 50.1 Å². The Balaban J connectivity index is 1.47. The van der Waals surface area contributed by atoms with Gasteiger partial charge in [0.05, 0.1) is 18.0 Å². The van der Waals surface area contributed by atoms with Crippen molar-refractivity contribution in [2.45, 2.75) is 63.2 Å². The van der Waals surface area contributed by atoms with Gasteiger partial charge in [-0.15, -0.1) is 0 Å². The van der Waals surface area contributed by atoms with Crippen LogP contribution in [0.25, 0.3) is 0 Å². The summed E-state index contributed by atoms with van der Waals surface area (Å²) in [6.45, 7) is 0.973. The maximum atomic E-state index is 12.9. The van der Waals surface area contributed by atoms with Crippen LogP contribution in [0.5, 0.6) is 0 Å². The molecule has 27 heavy (non-hydrogen) atoms. The van der Waals surface area contributed by atoms with Gasteiger partial charge in [0.15, 0.2) is 0 Å². The van der Waals surface area contributed by atoms with Crippen molar-refractivity contribution in [3.8, 4) is 0 Å². The minimum Gasteiger partial charge on any atom is -0.381 e. The first-order valence-corrected chi connectivity index (χ1v) is 9.70. The van der Waals surface area contributed by atoms with Crippen LogP contribution in [0.15, 0.2) is 6.20 Å². The molecule has 2 aliphatic heterocycles. The maximum absolute atomic E-state index is 12.9. The predicted molar refractivity (Wildman–Crippen MR) is 92.5 cm³/mol. The molecule has 9 heteroatoms. The number of aromatic nitrogens is 2. The molecule has 1 saturated carbocycles. The number of carbonyl (C=O) groups excluding carboxylic acids is 1. The zero-order chi connectivity index (χ0) is 19.0. The molecule has 1 N–H and O–H groups in total. The highest BCUT2D eigenvalue weighted by molar-refractivity contribution is 5.90. The van der Waals surface area contributed by atoms with Gasteiger partial charge in [-0.25, -0.2) is 4.79 Å². The fourth-order valence-electron chi connectivity index (χ4n) is 4.25. The second kappa shape index (κ2) is 7.33. The number of carbonyl (C=O) groups is 1. The summed E-state index contributed by atoms with van der Waals surface area (Å²) < 4.78 is 44.5. The third-order valence-electron chi connectivity index (χ3n) is 5.64. The molecule has 3 fully saturated rings. The Hall–Kier alpha value is -1.77. The van der Waals surface area contributed by atoms with E-state index in [-0.39, 0.29) is 18.0 Å². The van der Waals surface area contributed by atoms with Crippen LogP contribution in [0.3, 0.4) is 0 Å². The van der Waals surface area contributed by atoms with E-state index in [0.717, 1.165) is 49.8 Å². The van der Waals surface area contributed by atoms with Gasteiger partial charge >= 0.3 is 12.2 Å². The summed E-state index contributed by atoms with van der Waals surface area (Å²) in [5.41, 5.74) is 0.988. The highest BCUT2D eigenvalue weighted by atomic mass is 19.4. The molecule has 1 aromatic heterocycles. The normalized spacial score (nSPS) is 26.4. The number of rotatable bonds is 4. The Morgan fingerprint density at radius 3 is 2.74 bits per heavy atom. The highest BCUT2D eigenvalue weighted by Gasteiger charge is 2.37. The number of urea groups is 1. The number of nitrogens with one attached hydrogen (secondary N) is 1. The predicted octanol–water partition coefficient (Wildman–Crippen LogP) is 3.75. The summed E-state index contributed by atoms with van der Waals surface area (Å²) in [5.74, 6) is 0.485. The van der Waals surface area contributed by atoms with Gasteiger partial charge in [0.2, 0.25) is 0 Å². The van der Waals surface area contributed by atoms with E-state index in [2.05, 4.69) is 10.4 Å². The van der Waals surface area contributed by atoms with E-state index in [0.29, 0.717) is 30.5 Å². The quantitative estimate of drug-likeness (QED) is 0.858. The standard InChI is InChI=1S/C18H25F3N4O2/c19-18(20,21)11-24-9-14(16(23-24)12-5-6-12)22-17(26)25-7-1-4-15(25)13-3-2-8-27-10-13/h9,12-13,15H,1-8,10-11H2,(H,22,26). The SMILES string of the molecule is O=C(Nc1cn(CC(F)(F)F)nc1C1CC1)N1CCCC1C1CCCOC1. The number of amides is 2. The largest absolute Gasteiger partial charge is 0.408 e. The van der Waals surface area contributed by atoms with E-state index in [1.165, 1.54) is 6.20 Å². The molecule has 2 atom stereocenters. The lowest BCUT2D eigenvalue weighted by Crippen LogP contribution is -2.44. The third kappa shape index (κ3) is 4.39. The first-order chi connectivity index (χ1) is 12.9. The molecule has 0 aromatic carbocycles. The van der Waals surface area contributed by atoms with Crippen molar-refractivity contribution in [3.63, 3.8) is 0 Å². The van der Waals surface area contributed by atoms with Gasteiger partial charge in [-0.3, -0.25) is 4.68 Å². The fourth-order valence-corrected chi connectivity index (χ4v) is 4.25. The zero-order valence-electron chi connectivity index (χ0n) is 15.2. The van der Waals surface area contributed by atoms with E-state index in [4.69, 9.17) is 4.74 Å². The van der Waals surface area contributed by atoms with Crippen molar-refractivity contribution in [2.24, 2.45) is 5.92 Å². The molecule has 0 bridgehead atoms. The van der Waals surface area contributed by atoms with E-state index >= 15 is 0 Å². The van der Waals surface area contributed by atoms with Crippen molar-refractivity contribution in [1.29, 1.82) is 0 Å². The van der Waals surface area contributed by atoms with E-state index in [9.17, 15) is 18.0 Å². The second-order valence-electron chi connectivity index (χ2n) is 7.83. The molecule has 0 radical (unpaired) electrons. The minimum absolute atomic E-state index is 0.139. The van der Waals surface area contributed by atoms with E-state index in [1.807, 2.05) is 4.90 Å². The second-order valence-corrected chi connectivity index (χ2v) is 7.83. The maximum Gasteiger partial charge on any atom is 0.408 e. The minimum atomic E-state index is -4.34. The van der Waals surface area contributed by atoms with E-state index in [1.54, 1.807) is 0 Å². The van der Waals surface area contributed by atoms with Crippen molar-refractivity contribution in [2.75, 3.05) is 25.1 Å². The highest BCUT2D eigenvalue weighted by Crippen LogP contribution is 2.43. The van der Waals surface area contributed by atoms with Crippen molar-refractivity contribution in [3.05, 3.63) is 11.9 Å². The van der Waals surface area contributed by atoms with Crippen LogP contribution in [-0.2, 0) is 11.3 Å². The van der Waals surface area contributed by atoms with Crippen LogP contribution < -0.4 is 5.32 Å². The van der Waals surface area contributed by atoms with Crippen LogP contribution in [0.4, 0.5) is 23.7 Å². The lowest BCUT2D eigenvalue weighted by molar-refractivity contribution is -0.142. The van der Waals surface area contributed by atoms with Gasteiger partial charge in [-0.05, 0) is 38.5 Å². The van der Waals surface area contributed by atoms with Crippen molar-refractivity contribution >= 4 is 11.7 Å². The number of halogens is 3. The molecule has 1 aromatic rings. The summed E-state index contributed by atoms with van der Waals surface area (Å²) in [7, 11) is 0. The molecule has 150 valence electrons. The first kappa shape index (κ1) is 18.6. The molecule has 4 rings (SSSR count). The molecular weight excluding hydrogens is 361 g/mol. The topological polar surface area (TPSA) is 59.4 Å². The monoisotopic (exact) mass is 386 g/mol. The lowest BCUT2D eigenvalue weighted by atomic mass is 9.92. The van der Waals surface area contributed by atoms with E-state index < -0.39 is 12.7 Å². The van der Waals surface area contributed by atoms with Crippen molar-refractivity contribution in [1.82, 2.24) is 14.7 Å². The molecule has 0 spiro atoms. The van der Waals surface area contributed by atoms with Crippen molar-refractivity contribution < 1.29 is 22.7 Å². The number of hydrogen-bond donors (Lipinski definition) is 1. The number of likely N-dealkylation sites (tertiary alicyclic amines) is 1. The number of anilines is 1. The molecular formula is C18H25F3N4O2. The number of alkyl halides is 3. The summed E-state index contributed by atoms with van der Waals surface area (Å²) >= 11 is 0. The smallest absolute Gasteiger partial charge is 0.381 e. The molecule has 6 nitrogen and oxygen atoms in total. The van der Waals surface area contributed by atoms with Gasteiger partial charge < -0.3 is 15.0 Å². The summed E-state index contributed by atoms with van der Waals surface area (Å²) in [6, 6.07) is -0.101. The molecule has 2 saturated heterocycles. The molecule has 3 heterocycles. The summed E-state index contributed by atoms with van der Waals surface area (Å²) in [5, 5.41) is 6.93. The Labute approximate surface area is 156 Å². The van der Waals surface area contributed by atoms with Crippen LogP contribution in [-0.4, -0.2) is 52.7 Å². The summed E-state index contributed by atoms with van der Waals surface area (Å²) in [6.07, 6.45) is 2.72. The molecule has 2 amide bonds. The Kier molecular flexibility index (Phi) is 5.05. The van der Waals surface area contributed by atoms with Gasteiger partial charge in [0.1, 0.15) is 6.54 Å². The van der Waals surface area contributed by atoms with Gasteiger partial charge in [-0.2, -0.15) is 18.3 Å². The molecule has 2 unspecified atom stereocenters. The van der Waals surface area contributed by atoms with Crippen LogP contribution >= 0.6 is 0 Å². The Morgan fingerprint density at radius 2 is 2.07 bits per heavy atom. The third-order valence-corrected chi connectivity index (χ3v) is 5.64. The lowest BCUT2D eigenvalue weighted by Gasteiger charge is -2.33. The van der Waals surface area contributed by atoms with Gasteiger partial charge in [-0.1, -0.05) is 0 Å². The first-order valence-electron chi connectivity index (χ1n) is 9.70. The fraction of sp³-hybridized carbons (Fsp3) is 0.778. The molecule has 1 aliphatic carbocycles. The number of nitrogens with zero attached hydrogens (tertiary/aromatic N) is 3. The number of hydrogen-bond acceptors (Lipinski definition) is 3. The summed E-state index contributed by atoms with van der Waals surface area (Å²) in [4.78, 5) is 14.7. The van der Waals surface area contributed by atoms with Gasteiger partial charge in [0, 0.05) is 37.2 Å².